The van der Waals surface area contributed by atoms with E-state index in [0.29, 0.717) is 27.2 Å². The minimum absolute atomic E-state index is 0.208. The molecule has 0 aliphatic carbocycles. The third-order valence-corrected chi connectivity index (χ3v) is 9.36. The minimum atomic E-state index is -0.639. The third kappa shape index (κ3) is 6.14. The smallest absolute Gasteiger partial charge is 0.338 e. The molecule has 204 valence electrons. The fourth-order valence-electron chi connectivity index (χ4n) is 4.43. The lowest BCUT2D eigenvalue weighted by atomic mass is 9.96. The van der Waals surface area contributed by atoms with Crippen LogP contribution >= 0.6 is 72.4 Å². The fourth-order valence-corrected chi connectivity index (χ4v) is 7.87. The van der Waals surface area contributed by atoms with E-state index in [0.717, 1.165) is 34.1 Å². The summed E-state index contributed by atoms with van der Waals surface area (Å²) >= 11 is 9.31. The van der Waals surface area contributed by atoms with Crippen LogP contribution in [0.5, 0.6) is 5.75 Å². The normalized spacial score (nSPS) is 15.0. The summed E-state index contributed by atoms with van der Waals surface area (Å²) < 4.78 is 16.4. The summed E-state index contributed by atoms with van der Waals surface area (Å²) in [4.78, 5) is 32.1. The lowest BCUT2D eigenvalue weighted by Gasteiger charge is -2.24. The van der Waals surface area contributed by atoms with Crippen LogP contribution in [0.15, 0.2) is 92.3 Å². The molecule has 1 atom stereocenters. The average Bonchev–Trinajstić information content (AvgIpc) is 3.22. The second kappa shape index (κ2) is 12.7. The molecule has 1 aliphatic heterocycles. The Morgan fingerprint density at radius 3 is 2.42 bits per heavy atom. The maximum Gasteiger partial charge on any atom is 0.338 e. The van der Waals surface area contributed by atoms with E-state index in [2.05, 4.69) is 66.1 Å². The molecule has 0 radical (unpaired) electrons. The largest absolute Gasteiger partial charge is 0.487 e. The van der Waals surface area contributed by atoms with Crippen LogP contribution in [0.3, 0.4) is 0 Å². The highest BCUT2D eigenvalue weighted by atomic mass is 127. The first-order chi connectivity index (χ1) is 19.3. The Kier molecular flexibility index (Phi) is 9.28. The lowest BCUT2D eigenvalue weighted by Crippen LogP contribution is -2.39. The number of hydrogen-bond donors (Lipinski definition) is 0. The Hall–Kier alpha value is -2.29. The lowest BCUT2D eigenvalue weighted by molar-refractivity contribution is -0.139. The number of esters is 1. The van der Waals surface area contributed by atoms with Crippen molar-refractivity contribution >= 4 is 84.5 Å². The van der Waals surface area contributed by atoms with Gasteiger partial charge in [-0.25, -0.2) is 9.79 Å². The van der Waals surface area contributed by atoms with E-state index < -0.39 is 12.0 Å². The third-order valence-electron chi connectivity index (χ3n) is 6.25. The van der Waals surface area contributed by atoms with Gasteiger partial charge in [-0.15, -0.1) is 0 Å². The number of allylic oxidation sites excluding steroid dienone is 1. The van der Waals surface area contributed by atoms with Crippen LogP contribution in [0.4, 0.5) is 0 Å². The molecule has 40 heavy (non-hydrogen) atoms. The van der Waals surface area contributed by atoms with Crippen molar-refractivity contribution in [3.05, 3.63) is 126 Å². The van der Waals surface area contributed by atoms with Crippen molar-refractivity contribution in [2.24, 2.45) is 4.99 Å². The van der Waals surface area contributed by atoms with Gasteiger partial charge < -0.3 is 9.47 Å². The van der Waals surface area contributed by atoms with Crippen molar-refractivity contribution in [2.75, 3.05) is 6.61 Å². The molecule has 6 nitrogen and oxygen atoms in total. The first-order valence-electron chi connectivity index (χ1n) is 12.4. The molecule has 2 heterocycles. The van der Waals surface area contributed by atoms with Crippen LogP contribution in [0.1, 0.15) is 36.6 Å². The van der Waals surface area contributed by atoms with Gasteiger partial charge in [0.05, 0.1) is 35.6 Å². The van der Waals surface area contributed by atoms with Crippen LogP contribution in [0.25, 0.3) is 6.08 Å². The Labute approximate surface area is 270 Å². The van der Waals surface area contributed by atoms with Crippen molar-refractivity contribution in [3.8, 4) is 5.75 Å². The summed E-state index contributed by atoms with van der Waals surface area (Å²) in [6.07, 6.45) is 1.87. The quantitative estimate of drug-likeness (QED) is 0.161. The summed E-state index contributed by atoms with van der Waals surface area (Å²) in [6, 6.07) is 21.0. The number of thiazole rings is 1. The van der Waals surface area contributed by atoms with E-state index in [1.807, 2.05) is 72.8 Å². The van der Waals surface area contributed by atoms with Crippen LogP contribution in [0, 0.1) is 7.14 Å². The molecule has 0 N–H and O–H groups in total. The highest BCUT2D eigenvalue weighted by Gasteiger charge is 2.33. The van der Waals surface area contributed by atoms with Gasteiger partial charge in [-0.3, -0.25) is 9.36 Å². The van der Waals surface area contributed by atoms with Crippen LogP contribution in [-0.4, -0.2) is 17.1 Å². The molecule has 0 spiro atoms. The second-order valence-corrected chi connectivity index (χ2v) is 13.2. The van der Waals surface area contributed by atoms with Crippen LogP contribution < -0.4 is 19.6 Å². The number of halogens is 3. The zero-order valence-corrected chi connectivity index (χ0v) is 28.2. The molecule has 0 saturated heterocycles. The zero-order valence-electron chi connectivity index (χ0n) is 21.5. The number of aromatic nitrogens is 1. The van der Waals surface area contributed by atoms with Crippen molar-refractivity contribution < 1.29 is 14.3 Å². The topological polar surface area (TPSA) is 69.9 Å². The number of carbonyl (C=O) groups excluding carboxylic acids is 1. The number of nitrogens with zero attached hydrogens (tertiary/aromatic N) is 2. The molecular formula is C30H23BrI2N2O4S. The van der Waals surface area contributed by atoms with Gasteiger partial charge in [-0.05, 0) is 106 Å². The minimum Gasteiger partial charge on any atom is -0.487 e. The van der Waals surface area contributed by atoms with Crippen molar-refractivity contribution in [1.82, 2.24) is 4.57 Å². The van der Waals surface area contributed by atoms with Crippen molar-refractivity contribution in [1.29, 1.82) is 0 Å². The maximum absolute atomic E-state index is 13.9. The number of rotatable bonds is 7. The fraction of sp³-hybridized carbons (Fsp3) is 0.167. The molecule has 0 unspecified atom stereocenters. The predicted molar refractivity (Wildman–Crippen MR) is 177 cm³/mol. The molecule has 1 aromatic heterocycles. The highest BCUT2D eigenvalue weighted by Crippen LogP contribution is 2.32. The first-order valence-corrected chi connectivity index (χ1v) is 16.1. The van der Waals surface area contributed by atoms with Gasteiger partial charge in [-0.2, -0.15) is 0 Å². The molecule has 10 heteroatoms. The summed E-state index contributed by atoms with van der Waals surface area (Å²) in [5.74, 6) is 0.342. The SMILES string of the molecule is CCOC(=O)C1=C(C)N=c2s/c(=C\c3cc(I)c(OCc4ccccc4)c(I)c3)c(=O)n2[C@H]1c1ccc(Br)cc1. The van der Waals surface area contributed by atoms with E-state index in [9.17, 15) is 9.59 Å². The van der Waals surface area contributed by atoms with Gasteiger partial charge in [-0.1, -0.05) is 69.7 Å². The van der Waals surface area contributed by atoms with E-state index in [-0.39, 0.29) is 12.2 Å². The summed E-state index contributed by atoms with van der Waals surface area (Å²) in [5.41, 5.74) is 3.48. The summed E-state index contributed by atoms with van der Waals surface area (Å²) in [5, 5.41) is 0. The number of carbonyl (C=O) groups is 1. The standard InChI is InChI=1S/C30H23BrI2N2O4S/c1-3-38-29(37)25-17(2)34-30-35(26(25)20-9-11-21(31)12-10-20)28(36)24(40-30)15-19-13-22(32)27(23(33)14-19)39-16-18-7-5-4-6-8-18/h4-15,26H,3,16H2,1-2H3/b24-15-/t26-/m0/s1. The first kappa shape index (κ1) is 29.2. The number of fused-ring (bicyclic) bond motifs is 1. The summed E-state index contributed by atoms with van der Waals surface area (Å²) in [6.45, 7) is 4.25. The number of benzene rings is 3. The monoisotopic (exact) mass is 840 g/mol. The molecule has 3 aromatic carbocycles. The van der Waals surface area contributed by atoms with E-state index in [1.54, 1.807) is 18.4 Å². The number of hydrogen-bond acceptors (Lipinski definition) is 6. The maximum atomic E-state index is 13.9. The Morgan fingerprint density at radius 2 is 1.77 bits per heavy atom. The van der Waals surface area contributed by atoms with E-state index in [4.69, 9.17) is 9.47 Å². The Balaban J connectivity index is 1.56. The zero-order chi connectivity index (χ0) is 28.4. The summed E-state index contributed by atoms with van der Waals surface area (Å²) in [7, 11) is 0. The Morgan fingerprint density at radius 1 is 1.10 bits per heavy atom. The molecule has 5 rings (SSSR count). The van der Waals surface area contributed by atoms with Crippen LogP contribution in [-0.2, 0) is 16.1 Å². The van der Waals surface area contributed by atoms with E-state index >= 15 is 0 Å². The predicted octanol–water partition coefficient (Wildman–Crippen LogP) is 6.35. The van der Waals surface area contributed by atoms with Gasteiger partial charge in [0.15, 0.2) is 4.80 Å². The molecule has 4 aromatic rings. The molecular weight excluding hydrogens is 818 g/mol. The van der Waals surface area contributed by atoms with E-state index in [1.165, 1.54) is 11.3 Å². The van der Waals surface area contributed by atoms with Gasteiger partial charge in [0.2, 0.25) is 0 Å². The van der Waals surface area contributed by atoms with Gasteiger partial charge in [0, 0.05) is 4.47 Å². The molecule has 0 saturated carbocycles. The van der Waals surface area contributed by atoms with Gasteiger partial charge >= 0.3 is 5.97 Å². The second-order valence-electron chi connectivity index (χ2n) is 8.94. The average molecular weight is 841 g/mol. The van der Waals surface area contributed by atoms with Crippen LogP contribution in [0.2, 0.25) is 0 Å². The van der Waals surface area contributed by atoms with Crippen molar-refractivity contribution in [3.63, 3.8) is 0 Å². The Bertz CT molecular complexity index is 1780. The molecule has 0 amide bonds. The van der Waals surface area contributed by atoms with Crippen molar-refractivity contribution in [2.45, 2.75) is 26.5 Å². The molecule has 1 aliphatic rings. The van der Waals surface area contributed by atoms with Gasteiger partial charge in [0.25, 0.3) is 5.56 Å². The molecule has 0 fully saturated rings. The van der Waals surface area contributed by atoms with Gasteiger partial charge in [0.1, 0.15) is 12.4 Å². The highest BCUT2D eigenvalue weighted by molar-refractivity contribution is 14.1. The molecule has 0 bridgehead atoms. The number of ether oxygens (including phenoxy) is 2.